The number of hydrogen-bond acceptors (Lipinski definition) is 6. The molecule has 0 spiro atoms. The molecule has 8 heteroatoms. The van der Waals surface area contributed by atoms with Gasteiger partial charge in [0.1, 0.15) is 6.33 Å². The van der Waals surface area contributed by atoms with Crippen LogP contribution in [0.25, 0.3) is 5.69 Å². The maximum atomic E-state index is 12.0. The van der Waals surface area contributed by atoms with Gasteiger partial charge >= 0.3 is 5.97 Å². The SMILES string of the molecule is C=C(C)CN(CC)C(=O)COC(=O)c1ccc(-n2cnnn2)cc1. The van der Waals surface area contributed by atoms with E-state index in [9.17, 15) is 9.59 Å². The first-order valence-corrected chi connectivity index (χ1v) is 7.44. The number of amides is 1. The Hall–Kier alpha value is -3.03. The number of esters is 1. The molecule has 0 fully saturated rings. The summed E-state index contributed by atoms with van der Waals surface area (Å²) >= 11 is 0. The van der Waals surface area contributed by atoms with Gasteiger partial charge in [-0.15, -0.1) is 5.10 Å². The zero-order valence-corrected chi connectivity index (χ0v) is 13.7. The van der Waals surface area contributed by atoms with Gasteiger partial charge in [-0.1, -0.05) is 12.2 Å². The van der Waals surface area contributed by atoms with Crippen LogP contribution in [0.5, 0.6) is 0 Å². The Kier molecular flexibility index (Phi) is 5.78. The smallest absolute Gasteiger partial charge is 0.338 e. The summed E-state index contributed by atoms with van der Waals surface area (Å²) in [6.45, 7) is 8.17. The van der Waals surface area contributed by atoms with Gasteiger partial charge in [-0.05, 0) is 48.5 Å². The van der Waals surface area contributed by atoms with Crippen molar-refractivity contribution in [2.75, 3.05) is 19.7 Å². The van der Waals surface area contributed by atoms with Crippen LogP contribution >= 0.6 is 0 Å². The predicted octanol–water partition coefficient (Wildman–Crippen LogP) is 1.24. The van der Waals surface area contributed by atoms with E-state index in [1.54, 1.807) is 29.2 Å². The molecule has 0 unspecified atom stereocenters. The molecule has 0 N–H and O–H groups in total. The fourth-order valence-electron chi connectivity index (χ4n) is 2.03. The lowest BCUT2D eigenvalue weighted by Crippen LogP contribution is -2.35. The molecule has 8 nitrogen and oxygen atoms in total. The molecule has 0 bridgehead atoms. The third-order valence-electron chi connectivity index (χ3n) is 3.24. The average molecular weight is 329 g/mol. The zero-order valence-electron chi connectivity index (χ0n) is 13.7. The van der Waals surface area contributed by atoms with Gasteiger partial charge in [0.25, 0.3) is 5.91 Å². The maximum Gasteiger partial charge on any atom is 0.338 e. The van der Waals surface area contributed by atoms with Crippen molar-refractivity contribution in [3.63, 3.8) is 0 Å². The van der Waals surface area contributed by atoms with Crippen molar-refractivity contribution >= 4 is 11.9 Å². The van der Waals surface area contributed by atoms with Crippen LogP contribution in [0.15, 0.2) is 42.7 Å². The summed E-state index contributed by atoms with van der Waals surface area (Å²) in [7, 11) is 0. The van der Waals surface area contributed by atoms with Gasteiger partial charge in [0.05, 0.1) is 11.3 Å². The Bertz CT molecular complexity index is 710. The first-order valence-electron chi connectivity index (χ1n) is 7.44. The van der Waals surface area contributed by atoms with E-state index in [4.69, 9.17) is 4.74 Å². The molecule has 0 aliphatic rings. The van der Waals surface area contributed by atoms with Crippen LogP contribution in [0.4, 0.5) is 0 Å². The van der Waals surface area contributed by atoms with Gasteiger partial charge < -0.3 is 9.64 Å². The Morgan fingerprint density at radius 1 is 1.29 bits per heavy atom. The van der Waals surface area contributed by atoms with Crippen molar-refractivity contribution in [1.29, 1.82) is 0 Å². The van der Waals surface area contributed by atoms with Crippen LogP contribution in [0.1, 0.15) is 24.2 Å². The second-order valence-electron chi connectivity index (χ2n) is 5.24. The van der Waals surface area contributed by atoms with Crippen molar-refractivity contribution in [2.45, 2.75) is 13.8 Å². The lowest BCUT2D eigenvalue weighted by Gasteiger charge is -2.20. The highest BCUT2D eigenvalue weighted by molar-refractivity contribution is 5.91. The molecular weight excluding hydrogens is 310 g/mol. The van der Waals surface area contributed by atoms with E-state index >= 15 is 0 Å². The van der Waals surface area contributed by atoms with E-state index < -0.39 is 5.97 Å². The Balaban J connectivity index is 1.92. The molecule has 0 aliphatic heterocycles. The van der Waals surface area contributed by atoms with Crippen LogP contribution in [0.2, 0.25) is 0 Å². The molecule has 0 saturated carbocycles. The summed E-state index contributed by atoms with van der Waals surface area (Å²) in [6, 6.07) is 6.56. The van der Waals surface area contributed by atoms with Crippen molar-refractivity contribution in [1.82, 2.24) is 25.1 Å². The van der Waals surface area contributed by atoms with Gasteiger partial charge in [-0.2, -0.15) is 0 Å². The lowest BCUT2D eigenvalue weighted by molar-refractivity contribution is -0.133. The largest absolute Gasteiger partial charge is 0.452 e. The minimum Gasteiger partial charge on any atom is -0.452 e. The number of carbonyl (C=O) groups is 2. The Labute approximate surface area is 139 Å². The van der Waals surface area contributed by atoms with Gasteiger partial charge in [0.2, 0.25) is 0 Å². The van der Waals surface area contributed by atoms with E-state index in [1.165, 1.54) is 11.0 Å². The Morgan fingerprint density at radius 2 is 2.00 bits per heavy atom. The minimum atomic E-state index is -0.557. The number of benzene rings is 1. The molecule has 126 valence electrons. The molecule has 2 rings (SSSR count). The number of aromatic nitrogens is 4. The predicted molar refractivity (Wildman–Crippen MR) is 86.5 cm³/mol. The summed E-state index contributed by atoms with van der Waals surface area (Å²) in [5.74, 6) is -0.808. The zero-order chi connectivity index (χ0) is 17.5. The highest BCUT2D eigenvalue weighted by Crippen LogP contribution is 2.09. The fraction of sp³-hybridized carbons (Fsp3) is 0.312. The third kappa shape index (κ3) is 4.48. The summed E-state index contributed by atoms with van der Waals surface area (Å²) in [6.07, 6.45) is 1.45. The maximum absolute atomic E-state index is 12.0. The van der Waals surface area contributed by atoms with E-state index in [2.05, 4.69) is 22.1 Å². The molecular formula is C16H19N5O3. The summed E-state index contributed by atoms with van der Waals surface area (Å²) in [5, 5.41) is 10.8. The fourth-order valence-corrected chi connectivity index (χ4v) is 2.03. The average Bonchev–Trinajstić information content (AvgIpc) is 3.11. The molecule has 0 atom stereocenters. The van der Waals surface area contributed by atoms with Gasteiger partial charge in [0, 0.05) is 13.1 Å². The van der Waals surface area contributed by atoms with Gasteiger partial charge in [-0.3, -0.25) is 4.79 Å². The molecule has 0 radical (unpaired) electrons. The third-order valence-corrected chi connectivity index (χ3v) is 3.24. The monoisotopic (exact) mass is 329 g/mol. The molecule has 0 aliphatic carbocycles. The number of rotatable bonds is 7. The second kappa shape index (κ2) is 8.00. The van der Waals surface area contributed by atoms with Crippen molar-refractivity contribution in [3.8, 4) is 5.69 Å². The molecule has 1 amide bonds. The highest BCUT2D eigenvalue weighted by atomic mass is 16.5. The molecule has 1 heterocycles. The quantitative estimate of drug-likeness (QED) is 0.561. The van der Waals surface area contributed by atoms with Crippen molar-refractivity contribution in [3.05, 3.63) is 48.3 Å². The first kappa shape index (κ1) is 17.3. The van der Waals surface area contributed by atoms with Crippen LogP contribution in [0, 0.1) is 0 Å². The Morgan fingerprint density at radius 3 is 2.54 bits per heavy atom. The van der Waals surface area contributed by atoms with Crippen molar-refractivity contribution < 1.29 is 14.3 Å². The molecule has 0 saturated heterocycles. The molecule has 2 aromatic rings. The molecule has 1 aromatic heterocycles. The second-order valence-corrected chi connectivity index (χ2v) is 5.24. The summed E-state index contributed by atoms with van der Waals surface area (Å²) < 4.78 is 6.55. The van der Waals surface area contributed by atoms with E-state index in [-0.39, 0.29) is 12.5 Å². The van der Waals surface area contributed by atoms with Gasteiger partial charge in [-0.25, -0.2) is 9.48 Å². The minimum absolute atomic E-state index is 0.251. The van der Waals surface area contributed by atoms with E-state index in [0.717, 1.165) is 5.57 Å². The van der Waals surface area contributed by atoms with Crippen molar-refractivity contribution in [2.24, 2.45) is 0 Å². The van der Waals surface area contributed by atoms with Crippen LogP contribution < -0.4 is 0 Å². The number of hydrogen-bond donors (Lipinski definition) is 0. The highest BCUT2D eigenvalue weighted by Gasteiger charge is 2.15. The van der Waals surface area contributed by atoms with Crippen LogP contribution in [0.3, 0.4) is 0 Å². The molecule has 24 heavy (non-hydrogen) atoms. The normalized spacial score (nSPS) is 10.2. The molecule has 1 aromatic carbocycles. The number of nitrogens with zero attached hydrogens (tertiary/aromatic N) is 5. The number of carbonyl (C=O) groups excluding carboxylic acids is 2. The standard InChI is InChI=1S/C16H19N5O3/c1-4-20(9-12(2)3)15(22)10-24-16(23)13-5-7-14(8-6-13)21-11-17-18-19-21/h5-8,11H,2,4,9-10H2,1,3H3. The topological polar surface area (TPSA) is 90.2 Å². The van der Waals surface area contributed by atoms with E-state index in [0.29, 0.717) is 24.3 Å². The summed E-state index contributed by atoms with van der Waals surface area (Å²) in [5.41, 5.74) is 1.93. The number of ether oxygens (including phenoxy) is 1. The summed E-state index contributed by atoms with van der Waals surface area (Å²) in [4.78, 5) is 25.6. The van der Waals surface area contributed by atoms with Crippen LogP contribution in [-0.4, -0.2) is 56.7 Å². The number of tetrazole rings is 1. The van der Waals surface area contributed by atoms with Gasteiger partial charge in [0.15, 0.2) is 6.61 Å². The lowest BCUT2D eigenvalue weighted by atomic mass is 10.2. The number of likely N-dealkylation sites (N-methyl/N-ethyl adjacent to an activating group) is 1. The first-order chi connectivity index (χ1) is 11.5. The van der Waals surface area contributed by atoms with E-state index in [1.807, 2.05) is 13.8 Å². The van der Waals surface area contributed by atoms with Crippen LogP contribution in [-0.2, 0) is 9.53 Å².